The van der Waals surface area contributed by atoms with E-state index in [2.05, 4.69) is 10.0 Å². The van der Waals surface area contributed by atoms with E-state index in [4.69, 9.17) is 0 Å². The molecule has 2 aromatic carbocycles. The smallest absolute Gasteiger partial charge is 0.229 e. The van der Waals surface area contributed by atoms with Gasteiger partial charge in [0.2, 0.25) is 10.0 Å². The molecule has 21 heavy (non-hydrogen) atoms. The minimum Gasteiger partial charge on any atom is -0.379 e. The second-order valence-electron chi connectivity index (χ2n) is 4.47. The van der Waals surface area contributed by atoms with Gasteiger partial charge in [0.1, 0.15) is 11.6 Å². The molecule has 0 bridgehead atoms. The second-order valence-corrected chi connectivity index (χ2v) is 6.22. The fraction of sp³-hybridized carbons (Fsp3) is 0.143. The summed E-state index contributed by atoms with van der Waals surface area (Å²) in [7, 11) is -3.44. The summed E-state index contributed by atoms with van der Waals surface area (Å²) in [5.74, 6) is -1.31. The lowest BCUT2D eigenvalue weighted by Crippen LogP contribution is -2.12. The van der Waals surface area contributed by atoms with E-state index in [1.54, 1.807) is 24.3 Å². The largest absolute Gasteiger partial charge is 0.379 e. The maximum Gasteiger partial charge on any atom is 0.229 e. The molecule has 0 saturated heterocycles. The number of hydrogen-bond donors (Lipinski definition) is 2. The normalized spacial score (nSPS) is 11.2. The van der Waals surface area contributed by atoms with Crippen LogP contribution in [0.4, 0.5) is 20.2 Å². The SMILES string of the molecule is CS(=O)(=O)Nc1ccccc1NCc1c(F)cccc1F. The molecule has 2 aromatic rings. The Balaban J connectivity index is 2.21. The molecule has 0 radical (unpaired) electrons. The Morgan fingerprint density at radius 1 is 0.952 bits per heavy atom. The van der Waals surface area contributed by atoms with Crippen LogP contribution in [0.25, 0.3) is 0 Å². The summed E-state index contributed by atoms with van der Waals surface area (Å²) >= 11 is 0. The van der Waals surface area contributed by atoms with Gasteiger partial charge in [0.15, 0.2) is 0 Å². The topological polar surface area (TPSA) is 58.2 Å². The van der Waals surface area contributed by atoms with Gasteiger partial charge in [0.05, 0.1) is 17.6 Å². The average Bonchev–Trinajstić information content (AvgIpc) is 2.38. The number of hydrogen-bond acceptors (Lipinski definition) is 3. The molecule has 2 N–H and O–H groups in total. The lowest BCUT2D eigenvalue weighted by atomic mass is 10.2. The quantitative estimate of drug-likeness (QED) is 0.892. The Kier molecular flexibility index (Phi) is 4.42. The van der Waals surface area contributed by atoms with Crippen molar-refractivity contribution in [2.24, 2.45) is 0 Å². The molecule has 0 amide bonds. The molecule has 4 nitrogen and oxygen atoms in total. The maximum absolute atomic E-state index is 13.5. The molecule has 7 heteroatoms. The zero-order valence-electron chi connectivity index (χ0n) is 11.2. The van der Waals surface area contributed by atoms with Crippen LogP contribution in [0, 0.1) is 11.6 Å². The van der Waals surface area contributed by atoms with E-state index in [1.807, 2.05) is 0 Å². The van der Waals surface area contributed by atoms with Gasteiger partial charge in [-0.25, -0.2) is 17.2 Å². The number of rotatable bonds is 5. The molecular formula is C14H14F2N2O2S. The number of nitrogens with one attached hydrogen (secondary N) is 2. The molecule has 0 unspecified atom stereocenters. The molecule has 0 spiro atoms. The summed E-state index contributed by atoms with van der Waals surface area (Å²) in [4.78, 5) is 0. The third-order valence-electron chi connectivity index (χ3n) is 2.74. The Hall–Kier alpha value is -2.15. The van der Waals surface area contributed by atoms with Gasteiger partial charge in [-0.05, 0) is 24.3 Å². The van der Waals surface area contributed by atoms with Crippen LogP contribution in [0.1, 0.15) is 5.56 Å². The molecule has 2 rings (SSSR count). The van der Waals surface area contributed by atoms with E-state index < -0.39 is 21.7 Å². The predicted molar refractivity (Wildman–Crippen MR) is 78.6 cm³/mol. The van der Waals surface area contributed by atoms with Crippen molar-refractivity contribution in [1.82, 2.24) is 0 Å². The van der Waals surface area contributed by atoms with Crippen LogP contribution in [0.3, 0.4) is 0 Å². The van der Waals surface area contributed by atoms with Gasteiger partial charge in [0.25, 0.3) is 0 Å². The summed E-state index contributed by atoms with van der Waals surface area (Å²) in [6.45, 7) is -0.0963. The van der Waals surface area contributed by atoms with Gasteiger partial charge >= 0.3 is 0 Å². The molecule has 0 aliphatic rings. The number of benzene rings is 2. The third kappa shape index (κ3) is 4.16. The van der Waals surface area contributed by atoms with E-state index in [0.717, 1.165) is 6.26 Å². The van der Waals surface area contributed by atoms with Crippen LogP contribution in [-0.2, 0) is 16.6 Å². The standard InChI is InChI=1S/C14H14F2N2O2S/c1-21(19,20)18-14-8-3-2-7-13(14)17-9-10-11(15)5-4-6-12(10)16/h2-8,17-18H,9H2,1H3. The fourth-order valence-corrected chi connectivity index (χ4v) is 2.39. The summed E-state index contributed by atoms with van der Waals surface area (Å²) < 4.78 is 52.0. The average molecular weight is 312 g/mol. The molecule has 112 valence electrons. The van der Waals surface area contributed by atoms with Gasteiger partial charge in [0, 0.05) is 12.1 Å². The highest BCUT2D eigenvalue weighted by molar-refractivity contribution is 7.92. The van der Waals surface area contributed by atoms with Crippen LogP contribution in [-0.4, -0.2) is 14.7 Å². The van der Waals surface area contributed by atoms with E-state index in [-0.39, 0.29) is 12.1 Å². The van der Waals surface area contributed by atoms with Gasteiger partial charge in [-0.3, -0.25) is 4.72 Å². The monoisotopic (exact) mass is 312 g/mol. The molecule has 0 aromatic heterocycles. The Labute approximate surface area is 121 Å². The summed E-state index contributed by atoms with van der Waals surface area (Å²) in [5.41, 5.74) is 0.647. The van der Waals surface area contributed by atoms with Gasteiger partial charge in [-0.1, -0.05) is 18.2 Å². The molecule has 0 heterocycles. The first kappa shape index (κ1) is 15.2. The number of anilines is 2. The Bertz CT molecular complexity index is 728. The minimum atomic E-state index is -3.44. The van der Waals surface area contributed by atoms with Crippen LogP contribution >= 0.6 is 0 Å². The van der Waals surface area contributed by atoms with Crippen molar-refractivity contribution >= 4 is 21.4 Å². The van der Waals surface area contributed by atoms with Crippen LogP contribution in [0.15, 0.2) is 42.5 Å². The molecule has 0 aliphatic heterocycles. The molecule has 0 atom stereocenters. The van der Waals surface area contributed by atoms with Crippen LogP contribution in [0.2, 0.25) is 0 Å². The summed E-state index contributed by atoms with van der Waals surface area (Å²) in [5, 5.41) is 2.83. The van der Waals surface area contributed by atoms with Crippen molar-refractivity contribution in [3.05, 3.63) is 59.7 Å². The summed E-state index contributed by atoms with van der Waals surface area (Å²) in [6.07, 6.45) is 1.03. The fourth-order valence-electron chi connectivity index (χ4n) is 1.81. The van der Waals surface area contributed by atoms with Crippen molar-refractivity contribution in [2.45, 2.75) is 6.54 Å². The zero-order valence-corrected chi connectivity index (χ0v) is 12.0. The zero-order chi connectivity index (χ0) is 15.5. The van der Waals surface area contributed by atoms with Crippen molar-refractivity contribution in [3.63, 3.8) is 0 Å². The van der Waals surface area contributed by atoms with Crippen molar-refractivity contribution in [1.29, 1.82) is 0 Å². The second kappa shape index (κ2) is 6.09. The van der Waals surface area contributed by atoms with Gasteiger partial charge < -0.3 is 5.32 Å². The lowest BCUT2D eigenvalue weighted by molar-refractivity contribution is 0.560. The highest BCUT2D eigenvalue weighted by Gasteiger charge is 2.10. The van der Waals surface area contributed by atoms with Gasteiger partial charge in [-0.2, -0.15) is 0 Å². The highest BCUT2D eigenvalue weighted by atomic mass is 32.2. The predicted octanol–water partition coefficient (Wildman–Crippen LogP) is 2.95. The minimum absolute atomic E-state index is 0.0963. The molecule has 0 aliphatic carbocycles. The first-order valence-electron chi connectivity index (χ1n) is 6.10. The first-order chi connectivity index (χ1) is 9.87. The van der Waals surface area contributed by atoms with Crippen molar-refractivity contribution < 1.29 is 17.2 Å². The Morgan fingerprint density at radius 3 is 2.10 bits per heavy atom. The molecule has 0 fully saturated rings. The Morgan fingerprint density at radius 2 is 1.52 bits per heavy atom. The van der Waals surface area contributed by atoms with Gasteiger partial charge in [-0.15, -0.1) is 0 Å². The van der Waals surface area contributed by atoms with Crippen LogP contribution in [0.5, 0.6) is 0 Å². The first-order valence-corrected chi connectivity index (χ1v) is 7.99. The maximum atomic E-state index is 13.5. The van der Waals surface area contributed by atoms with E-state index in [0.29, 0.717) is 11.4 Å². The number of halogens is 2. The number of sulfonamides is 1. The van der Waals surface area contributed by atoms with Crippen molar-refractivity contribution in [2.75, 3.05) is 16.3 Å². The third-order valence-corrected chi connectivity index (χ3v) is 3.33. The van der Waals surface area contributed by atoms with Crippen LogP contribution < -0.4 is 10.0 Å². The highest BCUT2D eigenvalue weighted by Crippen LogP contribution is 2.23. The van der Waals surface area contributed by atoms with E-state index in [9.17, 15) is 17.2 Å². The van der Waals surface area contributed by atoms with Crippen molar-refractivity contribution in [3.8, 4) is 0 Å². The van der Waals surface area contributed by atoms with E-state index in [1.165, 1.54) is 18.2 Å². The lowest BCUT2D eigenvalue weighted by Gasteiger charge is -2.13. The molecule has 0 saturated carbocycles. The van der Waals surface area contributed by atoms with E-state index >= 15 is 0 Å². The summed E-state index contributed by atoms with van der Waals surface area (Å²) in [6, 6.07) is 10.1. The molecular weight excluding hydrogens is 298 g/mol. The number of para-hydroxylation sites is 2.